The third-order valence-corrected chi connectivity index (χ3v) is 7.30. The van der Waals surface area contributed by atoms with Crippen LogP contribution in [-0.2, 0) is 4.79 Å². The maximum Gasteiger partial charge on any atom is 0.264 e. The molecule has 1 aliphatic heterocycles. The number of carbonyl (C=O) groups is 2. The molecule has 2 amide bonds. The molecule has 2 aliphatic rings. The number of hydrogen-bond donors (Lipinski definition) is 1. The van der Waals surface area contributed by atoms with Crippen molar-refractivity contribution in [3.8, 4) is 0 Å². The van der Waals surface area contributed by atoms with Crippen LogP contribution in [0.1, 0.15) is 54.1 Å². The predicted molar refractivity (Wildman–Crippen MR) is 124 cm³/mol. The molecular formula is C25H28N2O2S. The zero-order valence-corrected chi connectivity index (χ0v) is 18.6. The van der Waals surface area contributed by atoms with E-state index in [1.54, 1.807) is 11.9 Å². The summed E-state index contributed by atoms with van der Waals surface area (Å²) in [6, 6.07) is 13.9. The molecular weight excluding hydrogens is 392 g/mol. The van der Waals surface area contributed by atoms with Gasteiger partial charge in [-0.3, -0.25) is 9.59 Å². The third-order valence-electron chi connectivity index (χ3n) is 6.22. The minimum absolute atomic E-state index is 0.0470. The van der Waals surface area contributed by atoms with Gasteiger partial charge in [-0.05, 0) is 61.1 Å². The molecule has 0 aromatic heterocycles. The highest BCUT2D eigenvalue weighted by atomic mass is 32.2. The van der Waals surface area contributed by atoms with Crippen LogP contribution in [0.4, 0.5) is 5.69 Å². The third kappa shape index (κ3) is 4.17. The van der Waals surface area contributed by atoms with Crippen LogP contribution in [0.5, 0.6) is 0 Å². The molecule has 2 atom stereocenters. The fourth-order valence-corrected chi connectivity index (χ4v) is 5.29. The van der Waals surface area contributed by atoms with Crippen molar-refractivity contribution in [1.82, 2.24) is 5.32 Å². The van der Waals surface area contributed by atoms with Crippen molar-refractivity contribution in [3.05, 3.63) is 64.1 Å². The lowest BCUT2D eigenvalue weighted by Crippen LogP contribution is -2.41. The van der Waals surface area contributed by atoms with Gasteiger partial charge in [0.25, 0.3) is 11.8 Å². The Morgan fingerprint density at radius 3 is 2.70 bits per heavy atom. The maximum atomic E-state index is 13.0. The largest absolute Gasteiger partial charge is 0.349 e. The smallest absolute Gasteiger partial charge is 0.264 e. The van der Waals surface area contributed by atoms with Gasteiger partial charge in [0.05, 0.1) is 10.6 Å². The van der Waals surface area contributed by atoms with E-state index in [-0.39, 0.29) is 17.9 Å². The first-order valence-electron chi connectivity index (χ1n) is 10.6. The molecule has 0 bridgehead atoms. The SMILES string of the molecule is Cc1ccccc1C=C1Sc2ccc(C(=O)NC3CCCCC3C)cc2N(C)C1=O. The predicted octanol–water partition coefficient (Wildman–Crippen LogP) is 5.41. The first kappa shape index (κ1) is 20.7. The summed E-state index contributed by atoms with van der Waals surface area (Å²) in [6.45, 7) is 4.25. The average molecular weight is 421 g/mol. The number of benzene rings is 2. The molecule has 4 rings (SSSR count). The van der Waals surface area contributed by atoms with E-state index in [0.717, 1.165) is 28.1 Å². The van der Waals surface area contributed by atoms with E-state index in [1.165, 1.54) is 31.0 Å². The van der Waals surface area contributed by atoms with E-state index < -0.39 is 0 Å². The fraction of sp³-hybridized carbons (Fsp3) is 0.360. The summed E-state index contributed by atoms with van der Waals surface area (Å²) in [5, 5.41) is 3.20. The molecule has 0 saturated heterocycles. The van der Waals surface area contributed by atoms with Crippen molar-refractivity contribution in [1.29, 1.82) is 0 Å². The second-order valence-electron chi connectivity index (χ2n) is 8.36. The summed E-state index contributed by atoms with van der Waals surface area (Å²) in [6.07, 6.45) is 6.57. The Morgan fingerprint density at radius 2 is 1.93 bits per heavy atom. The summed E-state index contributed by atoms with van der Waals surface area (Å²) in [5.41, 5.74) is 3.58. The molecule has 0 spiro atoms. The molecule has 30 heavy (non-hydrogen) atoms. The Labute approximate surface area is 182 Å². The van der Waals surface area contributed by atoms with Crippen molar-refractivity contribution in [3.63, 3.8) is 0 Å². The first-order chi connectivity index (χ1) is 14.4. The van der Waals surface area contributed by atoms with Crippen LogP contribution in [0, 0.1) is 12.8 Å². The van der Waals surface area contributed by atoms with Crippen LogP contribution in [0.2, 0.25) is 0 Å². The zero-order chi connectivity index (χ0) is 21.3. The van der Waals surface area contributed by atoms with Gasteiger partial charge in [0.15, 0.2) is 0 Å². The molecule has 1 fully saturated rings. The summed E-state index contributed by atoms with van der Waals surface area (Å²) in [7, 11) is 1.78. The topological polar surface area (TPSA) is 49.4 Å². The Balaban J connectivity index is 1.57. The highest BCUT2D eigenvalue weighted by molar-refractivity contribution is 8.04. The maximum absolute atomic E-state index is 13.0. The average Bonchev–Trinajstić information content (AvgIpc) is 2.74. The van der Waals surface area contributed by atoms with Crippen molar-refractivity contribution in [2.75, 3.05) is 11.9 Å². The van der Waals surface area contributed by atoms with Crippen LogP contribution < -0.4 is 10.2 Å². The molecule has 1 aliphatic carbocycles. The lowest BCUT2D eigenvalue weighted by atomic mass is 9.86. The van der Waals surface area contributed by atoms with Crippen molar-refractivity contribution < 1.29 is 9.59 Å². The van der Waals surface area contributed by atoms with Crippen LogP contribution >= 0.6 is 11.8 Å². The lowest BCUT2D eigenvalue weighted by molar-refractivity contribution is -0.114. The standard InChI is InChI=1S/C25H28N2O2S/c1-16-8-4-6-10-18(16)15-23-25(29)27(3)21-14-19(12-13-22(21)30-23)24(28)26-20-11-7-5-9-17(20)2/h4,6,8,10,12-15,17,20H,5,7,9,11H2,1-3H3,(H,26,28). The zero-order valence-electron chi connectivity index (χ0n) is 17.8. The van der Waals surface area contributed by atoms with Crippen LogP contribution in [-0.4, -0.2) is 24.9 Å². The van der Waals surface area contributed by atoms with E-state index in [1.807, 2.05) is 55.5 Å². The monoisotopic (exact) mass is 420 g/mol. The summed E-state index contributed by atoms with van der Waals surface area (Å²) >= 11 is 1.47. The lowest BCUT2D eigenvalue weighted by Gasteiger charge is -2.30. The Hall–Kier alpha value is -2.53. The molecule has 1 saturated carbocycles. The van der Waals surface area contributed by atoms with Gasteiger partial charge in [-0.1, -0.05) is 55.8 Å². The van der Waals surface area contributed by atoms with E-state index >= 15 is 0 Å². The number of carbonyl (C=O) groups excluding carboxylic acids is 2. The number of anilines is 1. The number of likely N-dealkylation sites (N-methyl/N-ethyl adjacent to an activating group) is 1. The van der Waals surface area contributed by atoms with Crippen molar-refractivity contribution in [2.45, 2.75) is 50.5 Å². The first-order valence-corrected chi connectivity index (χ1v) is 11.4. The van der Waals surface area contributed by atoms with Crippen LogP contribution in [0.25, 0.3) is 6.08 Å². The summed E-state index contributed by atoms with van der Waals surface area (Å²) in [5.74, 6) is 0.409. The molecule has 4 nitrogen and oxygen atoms in total. The summed E-state index contributed by atoms with van der Waals surface area (Å²) in [4.78, 5) is 29.1. The minimum Gasteiger partial charge on any atom is -0.349 e. The Kier molecular flexibility index (Phi) is 6.00. The van der Waals surface area contributed by atoms with Gasteiger partial charge >= 0.3 is 0 Å². The van der Waals surface area contributed by atoms with E-state index in [2.05, 4.69) is 12.2 Å². The molecule has 2 aromatic rings. The van der Waals surface area contributed by atoms with Gasteiger partial charge in [0.1, 0.15) is 0 Å². The van der Waals surface area contributed by atoms with Gasteiger partial charge in [-0.15, -0.1) is 0 Å². The molecule has 156 valence electrons. The second-order valence-corrected chi connectivity index (χ2v) is 9.44. The number of amides is 2. The Bertz CT molecular complexity index is 1010. The number of nitrogens with zero attached hydrogens (tertiary/aromatic N) is 1. The minimum atomic E-state index is -0.0522. The van der Waals surface area contributed by atoms with Crippen molar-refractivity contribution in [2.24, 2.45) is 5.92 Å². The normalized spacial score (nSPS) is 22.7. The van der Waals surface area contributed by atoms with E-state index in [4.69, 9.17) is 0 Å². The molecule has 2 aromatic carbocycles. The molecule has 1 heterocycles. The molecule has 2 unspecified atom stereocenters. The number of fused-ring (bicyclic) bond motifs is 1. The van der Waals surface area contributed by atoms with Gasteiger partial charge in [-0.25, -0.2) is 0 Å². The van der Waals surface area contributed by atoms with Gasteiger partial charge in [0.2, 0.25) is 0 Å². The Morgan fingerprint density at radius 1 is 1.17 bits per heavy atom. The van der Waals surface area contributed by atoms with Crippen LogP contribution in [0.3, 0.4) is 0 Å². The molecule has 0 radical (unpaired) electrons. The second kappa shape index (κ2) is 8.68. The van der Waals surface area contributed by atoms with Gasteiger partial charge in [-0.2, -0.15) is 0 Å². The molecule has 1 N–H and O–H groups in total. The van der Waals surface area contributed by atoms with E-state index in [0.29, 0.717) is 16.4 Å². The van der Waals surface area contributed by atoms with Crippen LogP contribution in [0.15, 0.2) is 52.3 Å². The fourth-order valence-electron chi connectivity index (χ4n) is 4.21. The highest BCUT2D eigenvalue weighted by Gasteiger charge is 2.28. The van der Waals surface area contributed by atoms with Gasteiger partial charge in [0, 0.05) is 23.5 Å². The number of rotatable bonds is 3. The molecule has 5 heteroatoms. The quantitative estimate of drug-likeness (QED) is 0.675. The van der Waals surface area contributed by atoms with Crippen molar-refractivity contribution >= 4 is 35.3 Å². The highest BCUT2D eigenvalue weighted by Crippen LogP contribution is 2.42. The van der Waals surface area contributed by atoms with E-state index in [9.17, 15) is 9.59 Å². The summed E-state index contributed by atoms with van der Waals surface area (Å²) < 4.78 is 0. The number of aryl methyl sites for hydroxylation is 1. The number of thioether (sulfide) groups is 1. The number of nitrogens with one attached hydrogen (secondary N) is 1. The van der Waals surface area contributed by atoms with Gasteiger partial charge < -0.3 is 10.2 Å². The number of hydrogen-bond acceptors (Lipinski definition) is 3.